The number of aromatic nitrogens is 4. The van der Waals surface area contributed by atoms with Crippen molar-refractivity contribution < 1.29 is 20.1 Å². The molecule has 4 N–H and O–H groups in total. The molecule has 0 bridgehead atoms. The second kappa shape index (κ2) is 8.03. The molecule has 0 amide bonds. The Kier molecular flexibility index (Phi) is 5.49. The van der Waals surface area contributed by atoms with Crippen LogP contribution in [0.15, 0.2) is 54.0 Å². The minimum Gasteiger partial charge on any atom is -0.388 e. The van der Waals surface area contributed by atoms with Gasteiger partial charge in [-0.2, -0.15) is 0 Å². The number of hydrogen-bond acceptors (Lipinski definition) is 9. The Labute approximate surface area is 201 Å². The van der Waals surface area contributed by atoms with E-state index in [4.69, 9.17) is 9.72 Å². The number of nitrogens with zero attached hydrogens (tertiary/aromatic N) is 4. The third kappa shape index (κ3) is 3.44. The van der Waals surface area contributed by atoms with Gasteiger partial charge >= 0.3 is 0 Å². The fourth-order valence-corrected chi connectivity index (χ4v) is 5.53. The molecule has 2 aromatic heterocycles. The van der Waals surface area contributed by atoms with E-state index in [1.54, 1.807) is 24.5 Å². The Hall–Kier alpha value is -2.50. The first-order valence-corrected chi connectivity index (χ1v) is 12.2. The molecule has 4 atom stereocenters. The second-order valence-corrected chi connectivity index (χ2v) is 10.6. The van der Waals surface area contributed by atoms with E-state index < -0.39 is 29.1 Å². The number of imidazole rings is 1. The second-order valence-electron chi connectivity index (χ2n) is 9.69. The fourth-order valence-electron chi connectivity index (χ4n) is 4.54. The van der Waals surface area contributed by atoms with Crippen molar-refractivity contribution in [1.82, 2.24) is 19.5 Å². The van der Waals surface area contributed by atoms with Gasteiger partial charge in [-0.15, -0.1) is 0 Å². The molecule has 0 saturated carbocycles. The predicted octanol–water partition coefficient (Wildman–Crippen LogP) is 2.42. The number of benzene rings is 1. The highest BCUT2D eigenvalue weighted by Gasteiger charge is 2.71. The minimum absolute atomic E-state index is 0.117. The molecule has 34 heavy (non-hydrogen) atoms. The van der Waals surface area contributed by atoms with Crippen LogP contribution in [0.5, 0.6) is 0 Å². The van der Waals surface area contributed by atoms with Gasteiger partial charge in [0.05, 0.1) is 5.60 Å². The van der Waals surface area contributed by atoms with Crippen molar-refractivity contribution >= 4 is 28.7 Å². The van der Waals surface area contributed by atoms with Gasteiger partial charge < -0.3 is 25.4 Å². The first-order valence-electron chi connectivity index (χ1n) is 11.2. The molecule has 0 radical (unpaired) electrons. The van der Waals surface area contributed by atoms with Gasteiger partial charge in [0.1, 0.15) is 18.5 Å². The van der Waals surface area contributed by atoms with Crippen LogP contribution in [0.2, 0.25) is 0 Å². The average molecular weight is 484 g/mol. The number of rotatable bonds is 7. The Morgan fingerprint density at radius 2 is 1.94 bits per heavy atom. The summed E-state index contributed by atoms with van der Waals surface area (Å²) in [5, 5.41) is 37.1. The molecule has 10 heteroatoms. The average Bonchev–Trinajstić information content (AvgIpc) is 3.22. The first kappa shape index (κ1) is 23.3. The standard InChI is InChI=1S/C24H29N5O4S/c1-14(2)27-19-16-20(26-13-25-19)29(21(28-16)34-12-15-8-6-5-7-9-15)24-11-10-23(24,32)17(30)18(33-24)22(3,4)31/h5-11,13-14,17-18,30-32H,12H2,1-4H3,(H,25,26,27)/t17-,18+,23-,24-/m1/s1. The van der Waals surface area contributed by atoms with E-state index in [-0.39, 0.29) is 6.04 Å². The molecule has 2 aliphatic rings. The molecule has 180 valence electrons. The van der Waals surface area contributed by atoms with Crippen molar-refractivity contribution in [1.29, 1.82) is 0 Å². The van der Waals surface area contributed by atoms with Crippen LogP contribution in [0.1, 0.15) is 33.3 Å². The number of fused-ring (bicyclic) bond motifs is 2. The number of thioether (sulfide) groups is 1. The maximum absolute atomic E-state index is 11.6. The zero-order chi connectivity index (χ0) is 24.3. The van der Waals surface area contributed by atoms with Crippen LogP contribution in [-0.4, -0.2) is 64.3 Å². The molecule has 0 spiro atoms. The molecule has 9 nitrogen and oxygen atoms in total. The minimum atomic E-state index is -1.76. The quantitative estimate of drug-likeness (QED) is 0.296. The normalized spacial score (nSPS) is 28.4. The topological polar surface area (TPSA) is 126 Å². The van der Waals surface area contributed by atoms with Gasteiger partial charge in [-0.05, 0) is 45.4 Å². The lowest BCUT2D eigenvalue weighted by molar-refractivity contribution is -0.180. The van der Waals surface area contributed by atoms with Gasteiger partial charge in [0.2, 0.25) is 5.72 Å². The predicted molar refractivity (Wildman–Crippen MR) is 129 cm³/mol. The number of hydrogen-bond donors (Lipinski definition) is 4. The highest BCUT2D eigenvalue weighted by molar-refractivity contribution is 7.98. The van der Waals surface area contributed by atoms with Crippen LogP contribution in [0.25, 0.3) is 11.2 Å². The number of aliphatic hydroxyl groups is 3. The van der Waals surface area contributed by atoms with Crippen LogP contribution in [0.3, 0.4) is 0 Å². The van der Waals surface area contributed by atoms with E-state index in [1.165, 1.54) is 24.2 Å². The first-order chi connectivity index (χ1) is 16.1. The lowest BCUT2D eigenvalue weighted by atomic mass is 9.75. The lowest BCUT2D eigenvalue weighted by Gasteiger charge is -2.45. The molecular formula is C24H29N5O4S. The largest absolute Gasteiger partial charge is 0.388 e. The summed E-state index contributed by atoms with van der Waals surface area (Å²) in [6.07, 6.45) is 2.25. The van der Waals surface area contributed by atoms with Crippen molar-refractivity contribution in [3.63, 3.8) is 0 Å². The van der Waals surface area contributed by atoms with Crippen LogP contribution in [-0.2, 0) is 16.2 Å². The van der Waals surface area contributed by atoms with Gasteiger partial charge in [-0.25, -0.2) is 15.0 Å². The molecule has 1 aliphatic carbocycles. The number of aliphatic hydroxyl groups excluding tert-OH is 1. The smallest absolute Gasteiger partial charge is 0.203 e. The van der Waals surface area contributed by atoms with Gasteiger partial charge in [-0.1, -0.05) is 42.1 Å². The van der Waals surface area contributed by atoms with E-state index in [1.807, 2.05) is 44.2 Å². The summed E-state index contributed by atoms with van der Waals surface area (Å²) in [6.45, 7) is 7.11. The molecule has 1 aromatic carbocycles. The van der Waals surface area contributed by atoms with E-state index >= 15 is 0 Å². The molecule has 1 aliphatic heterocycles. The van der Waals surface area contributed by atoms with Crippen molar-refractivity contribution in [2.45, 2.75) is 73.8 Å². The van der Waals surface area contributed by atoms with Crippen LogP contribution in [0, 0.1) is 0 Å². The number of ether oxygens (including phenoxy) is 1. The zero-order valence-electron chi connectivity index (χ0n) is 19.5. The fraction of sp³-hybridized carbons (Fsp3) is 0.458. The van der Waals surface area contributed by atoms with Crippen molar-refractivity contribution in [2.24, 2.45) is 0 Å². The highest BCUT2D eigenvalue weighted by Crippen LogP contribution is 2.56. The van der Waals surface area contributed by atoms with Crippen molar-refractivity contribution in [3.05, 3.63) is 54.4 Å². The van der Waals surface area contributed by atoms with E-state index in [2.05, 4.69) is 15.3 Å². The van der Waals surface area contributed by atoms with Gasteiger partial charge in [0.25, 0.3) is 0 Å². The molecule has 5 rings (SSSR count). The Morgan fingerprint density at radius 3 is 2.56 bits per heavy atom. The van der Waals surface area contributed by atoms with Crippen LogP contribution in [0.4, 0.5) is 5.82 Å². The van der Waals surface area contributed by atoms with Crippen LogP contribution < -0.4 is 5.32 Å². The SMILES string of the molecule is CC(C)Nc1ncnc2c1nc(SCc1ccccc1)n2[C@@]12C=C[C@@]1(O)[C@H](O)[C@@H](C(C)(C)O)O2. The van der Waals surface area contributed by atoms with Crippen molar-refractivity contribution in [3.8, 4) is 0 Å². The monoisotopic (exact) mass is 483 g/mol. The third-order valence-corrected chi connectivity index (χ3v) is 7.27. The Bertz CT molecular complexity index is 1240. The van der Waals surface area contributed by atoms with Gasteiger partial charge in [0.15, 0.2) is 27.7 Å². The Balaban J connectivity index is 1.67. The van der Waals surface area contributed by atoms with Gasteiger partial charge in [0, 0.05) is 11.8 Å². The van der Waals surface area contributed by atoms with E-state index in [9.17, 15) is 15.3 Å². The molecule has 1 fully saturated rings. The summed E-state index contributed by atoms with van der Waals surface area (Å²) in [7, 11) is 0. The molecule has 0 unspecified atom stereocenters. The summed E-state index contributed by atoms with van der Waals surface area (Å²) in [5.41, 5.74) is -2.53. The van der Waals surface area contributed by atoms with Crippen LogP contribution >= 0.6 is 11.8 Å². The summed E-state index contributed by atoms with van der Waals surface area (Å²) < 4.78 is 8.01. The summed E-state index contributed by atoms with van der Waals surface area (Å²) >= 11 is 1.47. The number of anilines is 1. The van der Waals surface area contributed by atoms with Gasteiger partial charge in [-0.3, -0.25) is 4.57 Å². The summed E-state index contributed by atoms with van der Waals surface area (Å²) in [4.78, 5) is 13.7. The summed E-state index contributed by atoms with van der Waals surface area (Å²) in [5.74, 6) is 1.20. The third-order valence-electron chi connectivity index (χ3n) is 6.26. The maximum atomic E-state index is 11.6. The van der Waals surface area contributed by atoms with Crippen molar-refractivity contribution in [2.75, 3.05) is 5.32 Å². The molecule has 3 aromatic rings. The molecule has 3 heterocycles. The summed E-state index contributed by atoms with van der Waals surface area (Å²) in [6, 6.07) is 10.1. The molecule has 1 saturated heterocycles. The van der Waals surface area contributed by atoms with E-state index in [0.717, 1.165) is 5.56 Å². The van der Waals surface area contributed by atoms with E-state index in [0.29, 0.717) is 27.9 Å². The zero-order valence-corrected chi connectivity index (χ0v) is 20.3. The maximum Gasteiger partial charge on any atom is 0.203 e. The Morgan fingerprint density at radius 1 is 1.21 bits per heavy atom. The number of nitrogens with one attached hydrogen (secondary N) is 1. The molecular weight excluding hydrogens is 454 g/mol. The highest BCUT2D eigenvalue weighted by atomic mass is 32.2. The lowest BCUT2D eigenvalue weighted by Crippen LogP contribution is -2.61.